The average molecular weight is 241 g/mol. The second kappa shape index (κ2) is 6.03. The molecule has 0 atom stereocenters. The van der Waals surface area contributed by atoms with Crippen LogP contribution in [0.15, 0.2) is 0 Å². The number of amides is 1. The highest BCUT2D eigenvalue weighted by molar-refractivity contribution is 5.76. The first-order valence-electron chi connectivity index (χ1n) is 6.40. The maximum Gasteiger partial charge on any atom is 0.303 e. The van der Waals surface area contributed by atoms with Crippen molar-refractivity contribution in [2.45, 2.75) is 52.4 Å². The van der Waals surface area contributed by atoms with Gasteiger partial charge in [-0.1, -0.05) is 20.3 Å². The van der Waals surface area contributed by atoms with Crippen molar-refractivity contribution in [3.05, 3.63) is 0 Å². The zero-order chi connectivity index (χ0) is 12.9. The third-order valence-electron chi connectivity index (χ3n) is 3.36. The van der Waals surface area contributed by atoms with Crippen LogP contribution in [-0.4, -0.2) is 35.0 Å². The van der Waals surface area contributed by atoms with Gasteiger partial charge >= 0.3 is 5.97 Å². The van der Waals surface area contributed by atoms with E-state index in [1.807, 2.05) is 18.7 Å². The van der Waals surface area contributed by atoms with Gasteiger partial charge in [-0.15, -0.1) is 0 Å². The van der Waals surface area contributed by atoms with Crippen molar-refractivity contribution in [3.8, 4) is 0 Å². The fourth-order valence-electron chi connectivity index (χ4n) is 2.21. The van der Waals surface area contributed by atoms with Crippen LogP contribution in [0.1, 0.15) is 52.4 Å². The molecule has 98 valence electrons. The van der Waals surface area contributed by atoms with Crippen LogP contribution in [0.3, 0.4) is 0 Å². The Bertz CT molecular complexity index is 286. The molecule has 0 bridgehead atoms. The molecule has 1 aliphatic heterocycles. The minimum absolute atomic E-state index is 0.162. The highest BCUT2D eigenvalue weighted by Gasteiger charge is 2.24. The van der Waals surface area contributed by atoms with E-state index >= 15 is 0 Å². The van der Waals surface area contributed by atoms with E-state index in [2.05, 4.69) is 0 Å². The highest BCUT2D eigenvalue weighted by atomic mass is 16.4. The molecule has 0 aromatic rings. The van der Waals surface area contributed by atoms with Crippen molar-refractivity contribution >= 4 is 11.9 Å². The quantitative estimate of drug-likeness (QED) is 0.803. The molecule has 0 spiro atoms. The van der Waals surface area contributed by atoms with Gasteiger partial charge in [0.05, 0.1) is 6.42 Å². The third kappa shape index (κ3) is 5.20. The number of carboxylic acids is 1. The first-order chi connectivity index (χ1) is 7.91. The van der Waals surface area contributed by atoms with Gasteiger partial charge in [0.2, 0.25) is 5.91 Å². The molecule has 0 aromatic heterocycles. The van der Waals surface area contributed by atoms with Crippen LogP contribution in [0.25, 0.3) is 0 Å². The van der Waals surface area contributed by atoms with E-state index < -0.39 is 5.97 Å². The Morgan fingerprint density at radius 2 is 2.06 bits per heavy atom. The van der Waals surface area contributed by atoms with Gasteiger partial charge in [-0.3, -0.25) is 9.59 Å². The number of rotatable bonds is 5. The second-order valence-corrected chi connectivity index (χ2v) is 5.68. The summed E-state index contributed by atoms with van der Waals surface area (Å²) >= 11 is 0. The Morgan fingerprint density at radius 3 is 2.71 bits per heavy atom. The van der Waals surface area contributed by atoms with Gasteiger partial charge in [0, 0.05) is 19.5 Å². The van der Waals surface area contributed by atoms with Crippen molar-refractivity contribution in [2.75, 3.05) is 13.1 Å². The summed E-state index contributed by atoms with van der Waals surface area (Å²) in [6, 6.07) is 0. The first kappa shape index (κ1) is 14.0. The van der Waals surface area contributed by atoms with Crippen LogP contribution in [0.4, 0.5) is 0 Å². The molecule has 4 heteroatoms. The normalized spacial score (nSPS) is 18.0. The first-order valence-corrected chi connectivity index (χ1v) is 6.40. The standard InChI is InChI=1S/C13H23NO3/c1-13(2,10-12(16)17)7-9-14-8-5-3-4-6-11(14)15/h3-10H2,1-2H3,(H,16,17). The summed E-state index contributed by atoms with van der Waals surface area (Å²) in [5.41, 5.74) is -0.238. The predicted octanol–water partition coefficient (Wildman–Crippen LogP) is 2.28. The van der Waals surface area contributed by atoms with Crippen LogP contribution in [0, 0.1) is 5.41 Å². The highest BCUT2D eigenvalue weighted by Crippen LogP contribution is 2.26. The summed E-state index contributed by atoms with van der Waals surface area (Å²) in [5, 5.41) is 8.80. The maximum absolute atomic E-state index is 11.8. The molecule has 4 nitrogen and oxygen atoms in total. The van der Waals surface area contributed by atoms with Crippen molar-refractivity contribution in [2.24, 2.45) is 5.41 Å². The molecule has 17 heavy (non-hydrogen) atoms. The minimum atomic E-state index is -0.766. The van der Waals surface area contributed by atoms with Crippen LogP contribution in [0.5, 0.6) is 0 Å². The number of hydrogen-bond donors (Lipinski definition) is 1. The summed E-state index contributed by atoms with van der Waals surface area (Å²) in [4.78, 5) is 24.4. The number of carboxylic acid groups (broad SMARTS) is 1. The van der Waals surface area contributed by atoms with E-state index in [0.717, 1.165) is 32.2 Å². The smallest absolute Gasteiger partial charge is 0.303 e. The summed E-state index contributed by atoms with van der Waals surface area (Å²) < 4.78 is 0. The Labute approximate surface area is 103 Å². The molecule has 1 saturated heterocycles. The average Bonchev–Trinajstić information content (AvgIpc) is 2.38. The fourth-order valence-corrected chi connectivity index (χ4v) is 2.21. The molecule has 1 aliphatic rings. The largest absolute Gasteiger partial charge is 0.481 e. The van der Waals surface area contributed by atoms with E-state index in [1.54, 1.807) is 0 Å². The molecule has 0 radical (unpaired) electrons. The van der Waals surface area contributed by atoms with E-state index in [9.17, 15) is 9.59 Å². The number of aliphatic carboxylic acids is 1. The molecule has 1 fully saturated rings. The molecule has 1 amide bonds. The summed E-state index contributed by atoms with van der Waals surface area (Å²) in [6.07, 6.45) is 4.76. The topological polar surface area (TPSA) is 57.6 Å². The van der Waals surface area contributed by atoms with Gasteiger partial charge in [0.25, 0.3) is 0 Å². The molecule has 0 aromatic carbocycles. The number of likely N-dealkylation sites (tertiary alicyclic amines) is 1. The van der Waals surface area contributed by atoms with Gasteiger partial charge in [0.1, 0.15) is 0 Å². The molecule has 1 heterocycles. The van der Waals surface area contributed by atoms with Gasteiger partial charge in [-0.25, -0.2) is 0 Å². The maximum atomic E-state index is 11.8. The van der Waals surface area contributed by atoms with Gasteiger partial charge in [0.15, 0.2) is 0 Å². The zero-order valence-electron chi connectivity index (χ0n) is 10.9. The molecular weight excluding hydrogens is 218 g/mol. The molecule has 1 rings (SSSR count). The summed E-state index contributed by atoms with van der Waals surface area (Å²) in [7, 11) is 0. The molecular formula is C13H23NO3. The van der Waals surface area contributed by atoms with Gasteiger partial charge in [-0.05, 0) is 24.7 Å². The second-order valence-electron chi connectivity index (χ2n) is 5.68. The Morgan fingerprint density at radius 1 is 1.35 bits per heavy atom. The van der Waals surface area contributed by atoms with Gasteiger partial charge in [-0.2, -0.15) is 0 Å². The lowest BCUT2D eigenvalue weighted by Gasteiger charge is -2.27. The van der Waals surface area contributed by atoms with E-state index in [-0.39, 0.29) is 17.7 Å². The lowest BCUT2D eigenvalue weighted by molar-refractivity contribution is -0.139. The molecule has 0 aliphatic carbocycles. The molecule has 0 saturated carbocycles. The predicted molar refractivity (Wildman–Crippen MR) is 65.7 cm³/mol. The lowest BCUT2D eigenvalue weighted by atomic mass is 9.85. The number of carbonyl (C=O) groups excluding carboxylic acids is 1. The number of hydrogen-bond acceptors (Lipinski definition) is 2. The van der Waals surface area contributed by atoms with E-state index in [1.165, 1.54) is 0 Å². The van der Waals surface area contributed by atoms with E-state index in [0.29, 0.717) is 13.0 Å². The Hall–Kier alpha value is -1.06. The third-order valence-corrected chi connectivity index (χ3v) is 3.36. The number of nitrogens with zero attached hydrogens (tertiary/aromatic N) is 1. The van der Waals surface area contributed by atoms with Crippen LogP contribution in [0.2, 0.25) is 0 Å². The van der Waals surface area contributed by atoms with Crippen molar-refractivity contribution in [1.82, 2.24) is 4.90 Å². The zero-order valence-corrected chi connectivity index (χ0v) is 10.9. The summed E-state index contributed by atoms with van der Waals surface area (Å²) in [6.45, 7) is 5.42. The van der Waals surface area contributed by atoms with Crippen LogP contribution < -0.4 is 0 Å². The van der Waals surface area contributed by atoms with Crippen LogP contribution >= 0.6 is 0 Å². The van der Waals surface area contributed by atoms with E-state index in [4.69, 9.17) is 5.11 Å². The fraction of sp³-hybridized carbons (Fsp3) is 0.846. The summed E-state index contributed by atoms with van der Waals surface area (Å²) in [5.74, 6) is -0.536. The van der Waals surface area contributed by atoms with Crippen molar-refractivity contribution in [1.29, 1.82) is 0 Å². The Kier molecular flexibility index (Phi) is 4.97. The SMILES string of the molecule is CC(C)(CCN1CCCCCC1=O)CC(=O)O. The lowest BCUT2D eigenvalue weighted by Crippen LogP contribution is -2.34. The molecule has 0 unspecified atom stereocenters. The minimum Gasteiger partial charge on any atom is -0.481 e. The van der Waals surface area contributed by atoms with Crippen molar-refractivity contribution < 1.29 is 14.7 Å². The monoisotopic (exact) mass is 241 g/mol. The van der Waals surface area contributed by atoms with Gasteiger partial charge < -0.3 is 10.0 Å². The molecule has 1 N–H and O–H groups in total. The van der Waals surface area contributed by atoms with Crippen molar-refractivity contribution in [3.63, 3.8) is 0 Å². The number of carbonyl (C=O) groups is 2. The Balaban J connectivity index is 2.42. The van der Waals surface area contributed by atoms with Crippen LogP contribution in [-0.2, 0) is 9.59 Å².